The van der Waals surface area contributed by atoms with Gasteiger partial charge in [-0.3, -0.25) is 15.2 Å². The molecule has 96 valence electrons. The van der Waals surface area contributed by atoms with Crippen molar-refractivity contribution in [1.82, 2.24) is 15.8 Å². The van der Waals surface area contributed by atoms with Crippen LogP contribution in [-0.2, 0) is 0 Å². The van der Waals surface area contributed by atoms with Crippen molar-refractivity contribution in [2.75, 3.05) is 5.32 Å². The van der Waals surface area contributed by atoms with E-state index in [-0.39, 0.29) is 5.91 Å². The number of hydrogen-bond donors (Lipinski definition) is 3. The van der Waals surface area contributed by atoms with E-state index >= 15 is 0 Å². The van der Waals surface area contributed by atoms with Crippen LogP contribution < -0.4 is 16.2 Å². The maximum atomic E-state index is 11.6. The van der Waals surface area contributed by atoms with Crippen LogP contribution in [0.25, 0.3) is 0 Å². The molecule has 6 heteroatoms. The van der Waals surface area contributed by atoms with E-state index in [0.717, 1.165) is 0 Å². The lowest BCUT2D eigenvalue weighted by Crippen LogP contribution is -2.43. The van der Waals surface area contributed by atoms with Gasteiger partial charge in [-0.2, -0.15) is 0 Å². The van der Waals surface area contributed by atoms with E-state index in [9.17, 15) is 9.59 Å². The highest BCUT2D eigenvalue weighted by Crippen LogP contribution is 2.01. The van der Waals surface area contributed by atoms with Crippen molar-refractivity contribution in [3.63, 3.8) is 0 Å². The van der Waals surface area contributed by atoms with Crippen LogP contribution >= 0.6 is 0 Å². The zero-order chi connectivity index (χ0) is 13.5. The van der Waals surface area contributed by atoms with E-state index in [0.29, 0.717) is 11.3 Å². The Hall–Kier alpha value is -2.89. The molecule has 0 atom stereocenters. The second-order valence-corrected chi connectivity index (χ2v) is 3.64. The van der Waals surface area contributed by atoms with Gasteiger partial charge in [0.15, 0.2) is 0 Å². The summed E-state index contributed by atoms with van der Waals surface area (Å²) in [5, 5.41) is 2.52. The van der Waals surface area contributed by atoms with Crippen molar-refractivity contribution in [2.24, 2.45) is 0 Å². The lowest BCUT2D eigenvalue weighted by atomic mass is 10.2. The molecule has 0 aliphatic heterocycles. The number of pyridine rings is 1. The monoisotopic (exact) mass is 256 g/mol. The van der Waals surface area contributed by atoms with Crippen molar-refractivity contribution < 1.29 is 9.59 Å². The Labute approximate surface area is 109 Å². The number of hydrogen-bond acceptors (Lipinski definition) is 3. The summed E-state index contributed by atoms with van der Waals surface area (Å²) < 4.78 is 0. The van der Waals surface area contributed by atoms with Crippen LogP contribution in [0.1, 0.15) is 10.4 Å². The summed E-state index contributed by atoms with van der Waals surface area (Å²) in [6.45, 7) is 0. The van der Waals surface area contributed by atoms with Crippen LogP contribution in [0, 0.1) is 0 Å². The molecule has 0 aliphatic carbocycles. The van der Waals surface area contributed by atoms with Crippen LogP contribution in [0.5, 0.6) is 0 Å². The summed E-state index contributed by atoms with van der Waals surface area (Å²) >= 11 is 0. The lowest BCUT2D eigenvalue weighted by molar-refractivity contribution is 0.0938. The SMILES string of the molecule is O=C(NNC(=O)c1ccccc1)Nc1cccnc1. The van der Waals surface area contributed by atoms with E-state index in [1.807, 2.05) is 0 Å². The normalized spacial score (nSPS) is 9.47. The van der Waals surface area contributed by atoms with Crippen LogP contribution in [0.4, 0.5) is 10.5 Å². The largest absolute Gasteiger partial charge is 0.337 e. The van der Waals surface area contributed by atoms with Gasteiger partial charge >= 0.3 is 6.03 Å². The average Bonchev–Trinajstić information content (AvgIpc) is 2.47. The molecule has 1 aromatic carbocycles. The van der Waals surface area contributed by atoms with Crippen LogP contribution in [0.15, 0.2) is 54.9 Å². The number of rotatable bonds is 2. The molecule has 0 radical (unpaired) electrons. The Kier molecular flexibility index (Phi) is 4.07. The third-order valence-corrected chi connectivity index (χ3v) is 2.24. The topological polar surface area (TPSA) is 83.1 Å². The zero-order valence-electron chi connectivity index (χ0n) is 9.96. The van der Waals surface area contributed by atoms with Crippen molar-refractivity contribution in [1.29, 1.82) is 0 Å². The second kappa shape index (κ2) is 6.15. The van der Waals surface area contributed by atoms with Gasteiger partial charge in [0.05, 0.1) is 11.9 Å². The fourth-order valence-corrected chi connectivity index (χ4v) is 1.37. The van der Waals surface area contributed by atoms with Gasteiger partial charge in [0.2, 0.25) is 0 Å². The summed E-state index contributed by atoms with van der Waals surface area (Å²) in [7, 11) is 0. The molecule has 6 nitrogen and oxygen atoms in total. The minimum absolute atomic E-state index is 0.387. The number of anilines is 1. The first-order valence-electron chi connectivity index (χ1n) is 5.58. The van der Waals surface area contributed by atoms with E-state index in [4.69, 9.17) is 0 Å². The highest BCUT2D eigenvalue weighted by Gasteiger charge is 2.06. The lowest BCUT2D eigenvalue weighted by Gasteiger charge is -2.08. The molecule has 1 heterocycles. The molecule has 0 aliphatic rings. The molecule has 0 fully saturated rings. The number of nitrogens with one attached hydrogen (secondary N) is 3. The molecule has 2 aromatic rings. The third-order valence-electron chi connectivity index (χ3n) is 2.24. The van der Waals surface area contributed by atoms with Crippen LogP contribution in [-0.4, -0.2) is 16.9 Å². The molecule has 2 rings (SSSR count). The number of aromatic nitrogens is 1. The number of hydrazine groups is 1. The van der Waals surface area contributed by atoms with Gasteiger partial charge in [0.1, 0.15) is 0 Å². The molecule has 0 spiro atoms. The Morgan fingerprint density at radius 3 is 2.42 bits per heavy atom. The summed E-state index contributed by atoms with van der Waals surface area (Å²) in [5.74, 6) is -0.387. The zero-order valence-corrected chi connectivity index (χ0v) is 9.96. The average molecular weight is 256 g/mol. The molecule has 19 heavy (non-hydrogen) atoms. The van der Waals surface area contributed by atoms with Gasteiger partial charge in [-0.25, -0.2) is 10.2 Å². The predicted molar refractivity (Wildman–Crippen MR) is 70.3 cm³/mol. The number of nitrogens with zero attached hydrogens (tertiary/aromatic N) is 1. The minimum Gasteiger partial charge on any atom is -0.305 e. The third kappa shape index (κ3) is 3.81. The number of benzene rings is 1. The van der Waals surface area contributed by atoms with Gasteiger partial charge in [-0.1, -0.05) is 18.2 Å². The Morgan fingerprint density at radius 1 is 0.947 bits per heavy atom. The van der Waals surface area contributed by atoms with Gasteiger partial charge in [-0.15, -0.1) is 0 Å². The first kappa shape index (κ1) is 12.6. The van der Waals surface area contributed by atoms with Gasteiger partial charge in [0.25, 0.3) is 5.91 Å². The van der Waals surface area contributed by atoms with Crippen molar-refractivity contribution in [3.05, 3.63) is 60.4 Å². The molecule has 3 N–H and O–H groups in total. The summed E-state index contributed by atoms with van der Waals surface area (Å²) in [6.07, 6.45) is 3.10. The van der Waals surface area contributed by atoms with Gasteiger partial charge in [-0.05, 0) is 24.3 Å². The van der Waals surface area contributed by atoms with E-state index in [1.165, 1.54) is 6.20 Å². The van der Waals surface area contributed by atoms with Gasteiger partial charge < -0.3 is 5.32 Å². The predicted octanol–water partition coefficient (Wildman–Crippen LogP) is 1.55. The molecule has 3 amide bonds. The standard InChI is InChI=1S/C13H12N4O2/c18-12(10-5-2-1-3-6-10)16-17-13(19)15-11-7-4-8-14-9-11/h1-9H,(H,16,18)(H2,15,17,19). The Morgan fingerprint density at radius 2 is 1.74 bits per heavy atom. The molecule has 0 saturated heterocycles. The number of amides is 3. The second-order valence-electron chi connectivity index (χ2n) is 3.64. The highest BCUT2D eigenvalue weighted by molar-refractivity contribution is 5.96. The minimum atomic E-state index is -0.544. The van der Waals surface area contributed by atoms with Gasteiger partial charge in [0, 0.05) is 11.8 Å². The molecule has 1 aromatic heterocycles. The van der Waals surface area contributed by atoms with E-state index in [1.54, 1.807) is 48.7 Å². The summed E-state index contributed by atoms with van der Waals surface area (Å²) in [5.41, 5.74) is 5.55. The number of urea groups is 1. The molecule has 0 saturated carbocycles. The molecular formula is C13H12N4O2. The summed E-state index contributed by atoms with van der Waals surface area (Å²) in [4.78, 5) is 27.0. The maximum Gasteiger partial charge on any atom is 0.337 e. The fourth-order valence-electron chi connectivity index (χ4n) is 1.37. The first-order chi connectivity index (χ1) is 9.25. The quantitative estimate of drug-likeness (QED) is 0.713. The Bertz CT molecular complexity index is 557. The number of carbonyl (C=O) groups is 2. The van der Waals surface area contributed by atoms with Crippen molar-refractivity contribution in [3.8, 4) is 0 Å². The van der Waals surface area contributed by atoms with Crippen molar-refractivity contribution in [2.45, 2.75) is 0 Å². The smallest absolute Gasteiger partial charge is 0.305 e. The molecular weight excluding hydrogens is 244 g/mol. The van der Waals surface area contributed by atoms with E-state index < -0.39 is 6.03 Å². The fraction of sp³-hybridized carbons (Fsp3) is 0. The van der Waals surface area contributed by atoms with E-state index in [2.05, 4.69) is 21.2 Å². The highest BCUT2D eigenvalue weighted by atomic mass is 16.2. The van der Waals surface area contributed by atoms with Crippen LogP contribution in [0.2, 0.25) is 0 Å². The summed E-state index contributed by atoms with van der Waals surface area (Å²) in [6, 6.07) is 11.4. The number of carbonyl (C=O) groups excluding carboxylic acids is 2. The Balaban J connectivity index is 1.83. The first-order valence-corrected chi connectivity index (χ1v) is 5.58. The van der Waals surface area contributed by atoms with Crippen molar-refractivity contribution >= 4 is 17.6 Å². The molecule has 0 bridgehead atoms. The molecule has 0 unspecified atom stereocenters. The maximum absolute atomic E-state index is 11.6. The van der Waals surface area contributed by atoms with Crippen LogP contribution in [0.3, 0.4) is 0 Å².